The van der Waals surface area contributed by atoms with Crippen LogP contribution < -0.4 is 4.72 Å². The van der Waals surface area contributed by atoms with Crippen molar-refractivity contribution in [3.8, 4) is 6.07 Å². The van der Waals surface area contributed by atoms with Crippen molar-refractivity contribution in [2.75, 3.05) is 13.6 Å². The lowest BCUT2D eigenvalue weighted by Crippen LogP contribution is -2.48. The molecular weight excluding hydrogens is 314 g/mol. The molecule has 1 aromatic rings. The first-order valence-electron chi connectivity index (χ1n) is 6.29. The monoisotopic (exact) mass is 327 g/mol. The molecule has 2 rings (SSSR count). The van der Waals surface area contributed by atoms with Crippen LogP contribution in [-0.4, -0.2) is 38.9 Å². The average molecular weight is 328 g/mol. The molecule has 0 aromatic heterocycles. The number of nitrogens with zero attached hydrogens (tertiary/aromatic N) is 2. The minimum atomic E-state index is -3.73. The van der Waals surface area contributed by atoms with Gasteiger partial charge in [0.1, 0.15) is 6.07 Å². The molecular formula is C13H14ClN3O3S. The number of sulfonamides is 1. The number of rotatable bonds is 3. The number of carbonyl (C=O) groups excluding carboxylic acids is 1. The lowest BCUT2D eigenvalue weighted by molar-refractivity contribution is -0.132. The van der Waals surface area contributed by atoms with Gasteiger partial charge in [0.2, 0.25) is 15.9 Å². The van der Waals surface area contributed by atoms with E-state index in [-0.39, 0.29) is 27.4 Å². The van der Waals surface area contributed by atoms with Gasteiger partial charge in [0.25, 0.3) is 0 Å². The third-order valence-electron chi connectivity index (χ3n) is 3.32. The van der Waals surface area contributed by atoms with Gasteiger partial charge in [-0.25, -0.2) is 13.1 Å². The van der Waals surface area contributed by atoms with Gasteiger partial charge in [-0.1, -0.05) is 11.6 Å². The lowest BCUT2D eigenvalue weighted by atomic mass is 10.1. The predicted molar refractivity (Wildman–Crippen MR) is 77.1 cm³/mol. The van der Waals surface area contributed by atoms with Gasteiger partial charge in [0, 0.05) is 26.1 Å². The quantitative estimate of drug-likeness (QED) is 0.900. The van der Waals surface area contributed by atoms with Crippen molar-refractivity contribution >= 4 is 27.5 Å². The van der Waals surface area contributed by atoms with Crippen molar-refractivity contribution < 1.29 is 13.2 Å². The minimum Gasteiger partial charge on any atom is -0.344 e. The number of benzene rings is 1. The largest absolute Gasteiger partial charge is 0.344 e. The fraction of sp³-hybridized carbons (Fsp3) is 0.385. The van der Waals surface area contributed by atoms with Crippen LogP contribution in [0.25, 0.3) is 0 Å². The summed E-state index contributed by atoms with van der Waals surface area (Å²) in [7, 11) is -2.09. The highest BCUT2D eigenvalue weighted by Crippen LogP contribution is 2.21. The number of nitriles is 1. The Labute approximate surface area is 128 Å². The molecule has 1 heterocycles. The number of hydrogen-bond donors (Lipinski definition) is 1. The van der Waals surface area contributed by atoms with E-state index in [9.17, 15) is 13.2 Å². The molecule has 1 atom stereocenters. The van der Waals surface area contributed by atoms with Crippen molar-refractivity contribution in [1.29, 1.82) is 5.26 Å². The predicted octanol–water partition coefficient (Wildman–Crippen LogP) is 1.11. The number of carbonyl (C=O) groups is 1. The van der Waals surface area contributed by atoms with Crippen LogP contribution in [0.2, 0.25) is 5.02 Å². The molecule has 1 aliphatic heterocycles. The van der Waals surface area contributed by atoms with Gasteiger partial charge in [-0.2, -0.15) is 5.26 Å². The van der Waals surface area contributed by atoms with Gasteiger partial charge in [0.05, 0.1) is 15.5 Å². The Morgan fingerprint density at radius 3 is 2.76 bits per heavy atom. The van der Waals surface area contributed by atoms with E-state index in [1.54, 1.807) is 7.05 Å². The van der Waals surface area contributed by atoms with Crippen LogP contribution in [0.15, 0.2) is 23.1 Å². The van der Waals surface area contributed by atoms with Gasteiger partial charge in [-0.3, -0.25) is 4.79 Å². The second kappa shape index (κ2) is 6.02. The first kappa shape index (κ1) is 15.8. The van der Waals surface area contributed by atoms with Crippen LogP contribution >= 0.6 is 11.6 Å². The molecule has 21 heavy (non-hydrogen) atoms. The van der Waals surface area contributed by atoms with Crippen LogP contribution in [0.1, 0.15) is 18.4 Å². The fourth-order valence-electron chi connectivity index (χ4n) is 2.15. The topological polar surface area (TPSA) is 90.3 Å². The Hall–Kier alpha value is -1.62. The second-order valence-corrected chi connectivity index (χ2v) is 7.01. The second-order valence-electron chi connectivity index (χ2n) is 4.88. The van der Waals surface area contributed by atoms with Crippen LogP contribution in [-0.2, 0) is 14.8 Å². The molecule has 1 N–H and O–H groups in total. The third-order valence-corrected chi connectivity index (χ3v) is 5.15. The van der Waals surface area contributed by atoms with Crippen molar-refractivity contribution in [2.24, 2.45) is 0 Å². The van der Waals surface area contributed by atoms with E-state index >= 15 is 0 Å². The summed E-state index contributed by atoms with van der Waals surface area (Å²) >= 11 is 5.85. The SMILES string of the molecule is CN1CC(NS(=O)(=O)c2ccc(C#N)c(Cl)c2)CCC1=O. The molecule has 0 bridgehead atoms. The number of likely N-dealkylation sites (tertiary alicyclic amines) is 1. The molecule has 1 fully saturated rings. The van der Waals surface area contributed by atoms with E-state index < -0.39 is 10.0 Å². The number of nitrogens with one attached hydrogen (secondary N) is 1. The number of halogens is 1. The van der Waals surface area contributed by atoms with E-state index in [2.05, 4.69) is 4.72 Å². The number of amides is 1. The molecule has 0 spiro atoms. The first-order valence-corrected chi connectivity index (χ1v) is 8.15. The summed E-state index contributed by atoms with van der Waals surface area (Å²) in [5.41, 5.74) is 0.221. The zero-order valence-electron chi connectivity index (χ0n) is 11.3. The Morgan fingerprint density at radius 1 is 1.48 bits per heavy atom. The average Bonchev–Trinajstić information content (AvgIpc) is 2.42. The van der Waals surface area contributed by atoms with Gasteiger partial charge < -0.3 is 4.90 Å². The van der Waals surface area contributed by atoms with Gasteiger partial charge in [-0.15, -0.1) is 0 Å². The Balaban J connectivity index is 2.17. The molecule has 0 saturated carbocycles. The molecule has 1 aliphatic rings. The van der Waals surface area contributed by atoms with Crippen molar-refractivity contribution in [3.05, 3.63) is 28.8 Å². The maximum Gasteiger partial charge on any atom is 0.240 e. The van der Waals surface area contributed by atoms with E-state index in [0.717, 1.165) is 0 Å². The zero-order chi connectivity index (χ0) is 15.6. The summed E-state index contributed by atoms with van der Waals surface area (Å²) in [5.74, 6) is 0.00636. The number of piperidine rings is 1. The third kappa shape index (κ3) is 3.53. The highest BCUT2D eigenvalue weighted by atomic mass is 35.5. The summed E-state index contributed by atoms with van der Waals surface area (Å²) in [6.07, 6.45) is 0.782. The standard InChI is InChI=1S/C13H14ClN3O3S/c1-17-8-10(3-5-13(17)18)16-21(19,20)11-4-2-9(7-15)12(14)6-11/h2,4,6,10,16H,3,5,8H2,1H3. The van der Waals surface area contributed by atoms with Crippen LogP contribution in [0, 0.1) is 11.3 Å². The minimum absolute atomic E-state index is 0.00560. The fourth-order valence-corrected chi connectivity index (χ4v) is 3.72. The normalized spacial score (nSPS) is 19.4. The molecule has 8 heteroatoms. The Kier molecular flexibility index (Phi) is 4.52. The van der Waals surface area contributed by atoms with Crippen molar-refractivity contribution in [3.63, 3.8) is 0 Å². The highest BCUT2D eigenvalue weighted by molar-refractivity contribution is 7.89. The van der Waals surface area contributed by atoms with E-state index in [0.29, 0.717) is 19.4 Å². The molecule has 112 valence electrons. The maximum absolute atomic E-state index is 12.3. The molecule has 1 amide bonds. The van der Waals surface area contributed by atoms with Crippen LogP contribution in [0.4, 0.5) is 0 Å². The van der Waals surface area contributed by atoms with E-state index in [1.165, 1.54) is 23.1 Å². The maximum atomic E-state index is 12.3. The van der Waals surface area contributed by atoms with E-state index in [1.807, 2.05) is 6.07 Å². The van der Waals surface area contributed by atoms with Gasteiger partial charge in [0.15, 0.2) is 0 Å². The lowest BCUT2D eigenvalue weighted by Gasteiger charge is -2.29. The summed E-state index contributed by atoms with van der Waals surface area (Å²) < 4.78 is 27.1. The van der Waals surface area contributed by atoms with E-state index in [4.69, 9.17) is 16.9 Å². The molecule has 0 radical (unpaired) electrons. The smallest absolute Gasteiger partial charge is 0.240 e. The van der Waals surface area contributed by atoms with Gasteiger partial charge >= 0.3 is 0 Å². The van der Waals surface area contributed by atoms with Crippen LogP contribution in [0.5, 0.6) is 0 Å². The van der Waals surface area contributed by atoms with Gasteiger partial charge in [-0.05, 0) is 24.6 Å². The molecule has 1 unspecified atom stereocenters. The molecule has 0 aliphatic carbocycles. The Morgan fingerprint density at radius 2 is 2.19 bits per heavy atom. The molecule has 1 aromatic carbocycles. The number of likely N-dealkylation sites (N-methyl/N-ethyl adjacent to an activating group) is 1. The summed E-state index contributed by atoms with van der Waals surface area (Å²) in [4.78, 5) is 12.9. The summed E-state index contributed by atoms with van der Waals surface area (Å²) in [6, 6.07) is 5.50. The van der Waals surface area contributed by atoms with Crippen LogP contribution in [0.3, 0.4) is 0 Å². The summed E-state index contributed by atoms with van der Waals surface area (Å²) in [5, 5.41) is 8.88. The zero-order valence-corrected chi connectivity index (χ0v) is 12.9. The molecule has 1 saturated heterocycles. The Bertz CT molecular complexity index is 712. The highest BCUT2D eigenvalue weighted by Gasteiger charge is 2.27. The van der Waals surface area contributed by atoms with Crippen molar-refractivity contribution in [1.82, 2.24) is 9.62 Å². The number of hydrogen-bond acceptors (Lipinski definition) is 4. The summed E-state index contributed by atoms with van der Waals surface area (Å²) in [6.45, 7) is 0.335. The first-order chi connectivity index (χ1) is 9.83. The molecule has 6 nitrogen and oxygen atoms in total. The van der Waals surface area contributed by atoms with Crippen molar-refractivity contribution in [2.45, 2.75) is 23.8 Å².